The number of carbonyl (C=O) groups is 1. The summed E-state index contributed by atoms with van der Waals surface area (Å²) in [5, 5.41) is 0. The minimum atomic E-state index is -4.97. The van der Waals surface area contributed by atoms with Crippen molar-refractivity contribution in [1.82, 2.24) is 0 Å². The lowest BCUT2D eigenvalue weighted by molar-refractivity contribution is -0.143. The minimum Gasteiger partial charge on any atom is -0.318 e. The van der Waals surface area contributed by atoms with E-state index in [2.05, 4.69) is 0 Å². The summed E-state index contributed by atoms with van der Waals surface area (Å²) in [7, 11) is 1.06. The predicted octanol–water partition coefficient (Wildman–Crippen LogP) is 3.42. The molecule has 0 aliphatic heterocycles. The first-order valence-electron chi connectivity index (χ1n) is 6.00. The third-order valence-electron chi connectivity index (χ3n) is 2.82. The highest BCUT2D eigenvalue weighted by atomic mass is 19.4. The Kier molecular flexibility index (Phi) is 4.53. The van der Waals surface area contributed by atoms with E-state index < -0.39 is 40.6 Å². The molecule has 0 bridgehead atoms. The Morgan fingerprint density at radius 3 is 1.59 bits per heavy atom. The van der Waals surface area contributed by atoms with Crippen LogP contribution in [0.3, 0.4) is 0 Å². The van der Waals surface area contributed by atoms with Crippen LogP contribution in [0.15, 0.2) is 18.2 Å². The molecule has 1 amide bonds. The van der Waals surface area contributed by atoms with Crippen LogP contribution in [-0.2, 0) is 17.1 Å². The van der Waals surface area contributed by atoms with Gasteiger partial charge in [0.2, 0.25) is 5.91 Å². The largest absolute Gasteiger partial charge is 0.416 e. The first-order chi connectivity index (χ1) is 9.64. The Balaban J connectivity index is 3.45. The highest BCUT2D eigenvalue weighted by Crippen LogP contribution is 2.38. The van der Waals surface area contributed by atoms with E-state index in [4.69, 9.17) is 5.73 Å². The summed E-state index contributed by atoms with van der Waals surface area (Å²) in [6.45, 7) is 2.59. The molecule has 0 atom stereocenters. The van der Waals surface area contributed by atoms with Crippen LogP contribution >= 0.6 is 0 Å². The van der Waals surface area contributed by atoms with Gasteiger partial charge in [-0.15, -0.1) is 0 Å². The SMILES string of the molecule is CN(C(=O)C(C)(C)N)c1cc(C(F)(F)F)cc(C(F)(F)F)c1. The number of anilines is 1. The molecule has 0 aliphatic carbocycles. The van der Waals surface area contributed by atoms with Crippen LogP contribution in [0.25, 0.3) is 0 Å². The molecular weight excluding hydrogens is 314 g/mol. The molecule has 124 valence electrons. The molecule has 1 aromatic rings. The number of carbonyl (C=O) groups excluding carboxylic acids is 1. The summed E-state index contributed by atoms with van der Waals surface area (Å²) in [5.74, 6) is -0.819. The molecular formula is C13H14F6N2O. The van der Waals surface area contributed by atoms with Gasteiger partial charge in [-0.3, -0.25) is 4.79 Å². The number of nitrogens with zero attached hydrogens (tertiary/aromatic N) is 1. The smallest absolute Gasteiger partial charge is 0.318 e. The van der Waals surface area contributed by atoms with Crippen molar-refractivity contribution in [3.63, 3.8) is 0 Å². The molecule has 0 aliphatic rings. The third-order valence-corrected chi connectivity index (χ3v) is 2.82. The van der Waals surface area contributed by atoms with Gasteiger partial charge in [0.1, 0.15) is 0 Å². The topological polar surface area (TPSA) is 46.3 Å². The molecule has 0 fully saturated rings. The van der Waals surface area contributed by atoms with Gasteiger partial charge < -0.3 is 10.6 Å². The first-order valence-corrected chi connectivity index (χ1v) is 6.00. The molecule has 1 rings (SSSR count). The van der Waals surface area contributed by atoms with Gasteiger partial charge in [0.05, 0.1) is 16.7 Å². The van der Waals surface area contributed by atoms with E-state index in [9.17, 15) is 31.1 Å². The Labute approximate surface area is 122 Å². The maximum Gasteiger partial charge on any atom is 0.416 e. The van der Waals surface area contributed by atoms with Crippen molar-refractivity contribution in [2.45, 2.75) is 31.7 Å². The van der Waals surface area contributed by atoms with E-state index in [0.717, 1.165) is 7.05 Å². The molecule has 0 aromatic heterocycles. The van der Waals surface area contributed by atoms with Crippen LogP contribution in [0.2, 0.25) is 0 Å². The predicted molar refractivity (Wildman–Crippen MR) is 68.1 cm³/mol. The molecule has 0 spiro atoms. The Morgan fingerprint density at radius 1 is 0.955 bits per heavy atom. The lowest BCUT2D eigenvalue weighted by Gasteiger charge is -2.27. The third kappa shape index (κ3) is 4.12. The summed E-state index contributed by atoms with van der Waals surface area (Å²) >= 11 is 0. The number of nitrogens with two attached hydrogens (primary N) is 1. The van der Waals surface area contributed by atoms with Crippen molar-refractivity contribution < 1.29 is 31.1 Å². The maximum atomic E-state index is 12.7. The number of halogens is 6. The Hall–Kier alpha value is -1.77. The highest BCUT2D eigenvalue weighted by molar-refractivity contribution is 5.99. The molecule has 0 saturated heterocycles. The molecule has 0 radical (unpaired) electrons. The van der Waals surface area contributed by atoms with Gasteiger partial charge in [-0.1, -0.05) is 0 Å². The summed E-state index contributed by atoms with van der Waals surface area (Å²) in [6, 6.07) is 0.938. The number of amides is 1. The van der Waals surface area contributed by atoms with Gasteiger partial charge >= 0.3 is 12.4 Å². The normalized spacial score (nSPS) is 13.2. The standard InChI is InChI=1S/C13H14F6N2O/c1-11(2,20)10(22)21(3)9-5-7(12(14,15)16)4-8(6-9)13(17,18)19/h4-6H,20H2,1-3H3. The van der Waals surface area contributed by atoms with Crippen molar-refractivity contribution in [3.05, 3.63) is 29.3 Å². The van der Waals surface area contributed by atoms with E-state index >= 15 is 0 Å². The number of hydrogen-bond acceptors (Lipinski definition) is 2. The minimum absolute atomic E-state index is 0.00456. The molecule has 0 unspecified atom stereocenters. The molecule has 0 heterocycles. The molecule has 22 heavy (non-hydrogen) atoms. The van der Waals surface area contributed by atoms with Crippen molar-refractivity contribution in [1.29, 1.82) is 0 Å². The van der Waals surface area contributed by atoms with Gasteiger partial charge in [-0.2, -0.15) is 26.3 Å². The van der Waals surface area contributed by atoms with Crippen LogP contribution < -0.4 is 10.6 Å². The summed E-state index contributed by atoms with van der Waals surface area (Å²) in [5.41, 5.74) is 0.562. The fraction of sp³-hybridized carbons (Fsp3) is 0.462. The first kappa shape index (κ1) is 18.3. The van der Waals surface area contributed by atoms with Crippen LogP contribution in [0.4, 0.5) is 32.0 Å². The Bertz CT molecular complexity index is 539. The second-order valence-electron chi connectivity index (χ2n) is 5.35. The summed E-state index contributed by atoms with van der Waals surface area (Å²) < 4.78 is 76.4. The maximum absolute atomic E-state index is 12.7. The number of likely N-dealkylation sites (N-methyl/N-ethyl adjacent to an activating group) is 1. The molecule has 9 heteroatoms. The van der Waals surface area contributed by atoms with Crippen LogP contribution in [-0.4, -0.2) is 18.5 Å². The van der Waals surface area contributed by atoms with Crippen molar-refractivity contribution in [2.75, 3.05) is 11.9 Å². The molecule has 1 aromatic carbocycles. The second kappa shape index (κ2) is 5.45. The van der Waals surface area contributed by atoms with Crippen molar-refractivity contribution in [3.8, 4) is 0 Å². The van der Waals surface area contributed by atoms with Gasteiger partial charge in [-0.25, -0.2) is 0 Å². The van der Waals surface area contributed by atoms with Crippen molar-refractivity contribution >= 4 is 11.6 Å². The molecule has 2 N–H and O–H groups in total. The summed E-state index contributed by atoms with van der Waals surface area (Å²) in [6.07, 6.45) is -9.95. The Morgan fingerprint density at radius 2 is 1.32 bits per heavy atom. The van der Waals surface area contributed by atoms with Gasteiger partial charge in [0.25, 0.3) is 0 Å². The zero-order valence-corrected chi connectivity index (χ0v) is 11.9. The van der Waals surface area contributed by atoms with Gasteiger partial charge in [0, 0.05) is 12.7 Å². The fourth-order valence-corrected chi connectivity index (χ4v) is 1.68. The van der Waals surface area contributed by atoms with Crippen LogP contribution in [0, 0.1) is 0 Å². The average Bonchev–Trinajstić information content (AvgIpc) is 2.33. The van der Waals surface area contributed by atoms with Gasteiger partial charge in [-0.05, 0) is 32.0 Å². The monoisotopic (exact) mass is 328 g/mol. The molecule has 0 saturated carbocycles. The number of benzene rings is 1. The lowest BCUT2D eigenvalue weighted by atomic mass is 10.0. The highest BCUT2D eigenvalue weighted by Gasteiger charge is 2.38. The van der Waals surface area contributed by atoms with E-state index in [-0.39, 0.29) is 6.07 Å². The summed E-state index contributed by atoms with van der Waals surface area (Å²) in [4.78, 5) is 12.6. The number of alkyl halides is 6. The van der Waals surface area contributed by atoms with E-state index in [1.54, 1.807) is 0 Å². The quantitative estimate of drug-likeness (QED) is 0.846. The second-order valence-corrected chi connectivity index (χ2v) is 5.35. The zero-order chi connectivity index (χ0) is 17.5. The molecule has 3 nitrogen and oxygen atoms in total. The van der Waals surface area contributed by atoms with Gasteiger partial charge in [0.15, 0.2) is 0 Å². The number of hydrogen-bond donors (Lipinski definition) is 1. The fourth-order valence-electron chi connectivity index (χ4n) is 1.68. The van der Waals surface area contributed by atoms with E-state index in [1.807, 2.05) is 0 Å². The number of rotatable bonds is 2. The van der Waals surface area contributed by atoms with Crippen LogP contribution in [0.5, 0.6) is 0 Å². The van der Waals surface area contributed by atoms with Crippen LogP contribution in [0.1, 0.15) is 25.0 Å². The average molecular weight is 328 g/mol. The van der Waals surface area contributed by atoms with Crippen molar-refractivity contribution in [2.24, 2.45) is 5.73 Å². The lowest BCUT2D eigenvalue weighted by Crippen LogP contribution is -2.50. The zero-order valence-electron chi connectivity index (χ0n) is 11.9. The van der Waals surface area contributed by atoms with E-state index in [1.165, 1.54) is 13.8 Å². The van der Waals surface area contributed by atoms with E-state index in [0.29, 0.717) is 17.0 Å².